The molecule has 178 valence electrons. The number of nitrogens with one attached hydrogen (secondary N) is 2. The van der Waals surface area contributed by atoms with Crippen LogP contribution in [0.2, 0.25) is 0 Å². The average Bonchev–Trinajstić information content (AvgIpc) is 3.35. The van der Waals surface area contributed by atoms with Crippen molar-refractivity contribution in [2.24, 2.45) is 0 Å². The smallest absolute Gasteiger partial charge is 0.227 e. The average molecular weight is 461 g/mol. The van der Waals surface area contributed by atoms with E-state index < -0.39 is 0 Å². The molecule has 1 atom stereocenters. The Balaban J connectivity index is 1.38. The van der Waals surface area contributed by atoms with Crippen molar-refractivity contribution in [1.82, 2.24) is 14.9 Å². The molecule has 34 heavy (non-hydrogen) atoms. The molecule has 0 bridgehead atoms. The first kappa shape index (κ1) is 23.7. The van der Waals surface area contributed by atoms with Gasteiger partial charge in [-0.3, -0.25) is 4.79 Å². The number of anilines is 4. The van der Waals surface area contributed by atoms with Crippen molar-refractivity contribution in [3.8, 4) is 11.3 Å². The van der Waals surface area contributed by atoms with Gasteiger partial charge in [-0.15, -0.1) is 0 Å². The zero-order valence-electron chi connectivity index (χ0n) is 20.0. The fourth-order valence-electron chi connectivity index (χ4n) is 4.00. The number of carbonyl (C=O) groups is 1. The Labute approximate surface area is 201 Å². The first-order valence-corrected chi connectivity index (χ1v) is 11.5. The van der Waals surface area contributed by atoms with Crippen molar-refractivity contribution in [2.45, 2.75) is 18.9 Å². The highest BCUT2D eigenvalue weighted by Crippen LogP contribution is 2.25. The van der Waals surface area contributed by atoms with Crippen LogP contribution < -0.4 is 15.5 Å². The van der Waals surface area contributed by atoms with Crippen LogP contribution in [0.1, 0.15) is 12.8 Å². The molecule has 1 amide bonds. The number of rotatable bonds is 9. The van der Waals surface area contributed by atoms with E-state index >= 15 is 0 Å². The van der Waals surface area contributed by atoms with Crippen LogP contribution in [-0.2, 0) is 9.53 Å². The summed E-state index contributed by atoms with van der Waals surface area (Å²) in [5.41, 5.74) is 4.67. The number of methoxy groups -OCH3 is 1. The molecule has 0 spiro atoms. The molecule has 0 radical (unpaired) electrons. The molecule has 1 saturated heterocycles. The van der Waals surface area contributed by atoms with Crippen molar-refractivity contribution in [2.75, 3.05) is 56.4 Å². The van der Waals surface area contributed by atoms with E-state index in [1.54, 1.807) is 13.3 Å². The van der Waals surface area contributed by atoms with Gasteiger partial charge in [0.1, 0.15) is 0 Å². The third kappa shape index (κ3) is 6.09. The zero-order chi connectivity index (χ0) is 23.9. The van der Waals surface area contributed by atoms with Gasteiger partial charge in [0, 0.05) is 55.1 Å². The summed E-state index contributed by atoms with van der Waals surface area (Å²) in [6.45, 7) is 2.54. The van der Waals surface area contributed by atoms with Gasteiger partial charge in [-0.05, 0) is 63.0 Å². The Morgan fingerprint density at radius 3 is 2.50 bits per heavy atom. The van der Waals surface area contributed by atoms with Crippen LogP contribution in [-0.4, -0.2) is 67.7 Å². The van der Waals surface area contributed by atoms with Gasteiger partial charge in [-0.1, -0.05) is 12.1 Å². The Morgan fingerprint density at radius 2 is 1.82 bits per heavy atom. The minimum absolute atomic E-state index is 0.0728. The summed E-state index contributed by atoms with van der Waals surface area (Å²) in [7, 11) is 5.87. The van der Waals surface area contributed by atoms with Gasteiger partial charge in [-0.2, -0.15) is 0 Å². The molecule has 8 nitrogen and oxygen atoms in total. The summed E-state index contributed by atoms with van der Waals surface area (Å²) in [5.74, 6) is 0.465. The van der Waals surface area contributed by atoms with Crippen LogP contribution in [0.15, 0.2) is 60.8 Å². The molecule has 2 aromatic carbocycles. The van der Waals surface area contributed by atoms with Crippen LogP contribution in [0.25, 0.3) is 11.3 Å². The van der Waals surface area contributed by atoms with Gasteiger partial charge in [0.2, 0.25) is 11.9 Å². The summed E-state index contributed by atoms with van der Waals surface area (Å²) in [6, 6.07) is 18.5. The maximum absolute atomic E-state index is 11.9. The van der Waals surface area contributed by atoms with E-state index in [1.807, 2.05) is 30.3 Å². The maximum atomic E-state index is 11.9. The largest absolute Gasteiger partial charge is 0.384 e. The normalized spacial score (nSPS) is 15.5. The van der Waals surface area contributed by atoms with Crippen LogP contribution in [0.4, 0.5) is 23.0 Å². The Bertz CT molecular complexity index is 1090. The molecule has 0 unspecified atom stereocenters. The molecule has 1 aromatic heterocycles. The number of hydrogen-bond acceptors (Lipinski definition) is 7. The molecule has 2 heterocycles. The molecule has 8 heteroatoms. The monoisotopic (exact) mass is 460 g/mol. The second kappa shape index (κ2) is 11.1. The Hall–Kier alpha value is -3.49. The van der Waals surface area contributed by atoms with E-state index in [2.05, 4.69) is 68.8 Å². The van der Waals surface area contributed by atoms with Crippen molar-refractivity contribution in [3.63, 3.8) is 0 Å². The topological polar surface area (TPSA) is 82.6 Å². The zero-order valence-corrected chi connectivity index (χ0v) is 20.0. The van der Waals surface area contributed by atoms with E-state index in [0.717, 1.165) is 35.7 Å². The minimum atomic E-state index is -0.0728. The van der Waals surface area contributed by atoms with Crippen molar-refractivity contribution in [3.05, 3.63) is 60.8 Å². The lowest BCUT2D eigenvalue weighted by atomic mass is 10.1. The molecular weight excluding hydrogens is 428 g/mol. The van der Waals surface area contributed by atoms with Gasteiger partial charge >= 0.3 is 0 Å². The summed E-state index contributed by atoms with van der Waals surface area (Å²) >= 11 is 0. The number of ether oxygens (including phenoxy) is 1. The maximum Gasteiger partial charge on any atom is 0.227 e. The number of likely N-dealkylation sites (N-methyl/N-ethyl adjacent to an activating group) is 1. The van der Waals surface area contributed by atoms with Gasteiger partial charge < -0.3 is 25.2 Å². The lowest BCUT2D eigenvalue weighted by Crippen LogP contribution is -2.31. The quantitative estimate of drug-likeness (QED) is 0.499. The summed E-state index contributed by atoms with van der Waals surface area (Å²) in [5, 5.41) is 6.16. The van der Waals surface area contributed by atoms with Gasteiger partial charge in [0.05, 0.1) is 18.7 Å². The molecule has 3 aromatic rings. The predicted octanol–water partition coefficient (Wildman–Crippen LogP) is 4.00. The number of amides is 1. The molecule has 1 aliphatic rings. The molecule has 0 aliphatic carbocycles. The number of hydrogen-bond donors (Lipinski definition) is 2. The highest BCUT2D eigenvalue weighted by atomic mass is 16.5. The van der Waals surface area contributed by atoms with Crippen LogP contribution in [0, 0.1) is 0 Å². The molecule has 1 aliphatic heterocycles. The predicted molar refractivity (Wildman–Crippen MR) is 137 cm³/mol. The second-order valence-corrected chi connectivity index (χ2v) is 8.66. The first-order chi connectivity index (χ1) is 16.5. The molecule has 0 saturated carbocycles. The fourth-order valence-corrected chi connectivity index (χ4v) is 4.00. The number of aromatic nitrogens is 2. The number of benzene rings is 2. The van der Waals surface area contributed by atoms with E-state index in [-0.39, 0.29) is 5.91 Å². The van der Waals surface area contributed by atoms with E-state index in [0.29, 0.717) is 25.0 Å². The Kier molecular flexibility index (Phi) is 7.72. The minimum Gasteiger partial charge on any atom is -0.384 e. The molecule has 1 fully saturated rings. The van der Waals surface area contributed by atoms with Crippen LogP contribution in [0.3, 0.4) is 0 Å². The highest BCUT2D eigenvalue weighted by molar-refractivity contribution is 5.91. The summed E-state index contributed by atoms with van der Waals surface area (Å²) in [4.78, 5) is 25.6. The standard InChI is InChI=1S/C26H32N6O2/c1-31(2)23-13-16-32(18-23)22-10-8-21(9-11-22)29-26-27-15-12-24(30-26)19-4-6-20(7-5-19)28-25(33)14-17-34-3/h4-12,15,23H,13-14,16-18H2,1-3H3,(H,28,33)(H,27,29,30)/t23-/m1/s1. The molecule has 4 rings (SSSR count). The molecular formula is C26H32N6O2. The lowest BCUT2D eigenvalue weighted by molar-refractivity contribution is -0.117. The lowest BCUT2D eigenvalue weighted by Gasteiger charge is -2.22. The summed E-state index contributed by atoms with van der Waals surface area (Å²) in [6.07, 6.45) is 3.26. The van der Waals surface area contributed by atoms with Crippen LogP contribution >= 0.6 is 0 Å². The van der Waals surface area contributed by atoms with Gasteiger partial charge in [0.15, 0.2) is 0 Å². The second-order valence-electron chi connectivity index (χ2n) is 8.66. The van der Waals surface area contributed by atoms with E-state index in [4.69, 9.17) is 4.74 Å². The van der Waals surface area contributed by atoms with Gasteiger partial charge in [0.25, 0.3) is 0 Å². The first-order valence-electron chi connectivity index (χ1n) is 11.5. The SMILES string of the molecule is COCCC(=O)Nc1ccc(-c2ccnc(Nc3ccc(N4CC[C@@H](N(C)C)C4)cc3)n2)cc1. The van der Waals surface area contributed by atoms with Crippen molar-refractivity contribution >= 4 is 28.9 Å². The van der Waals surface area contributed by atoms with Crippen molar-refractivity contribution in [1.29, 1.82) is 0 Å². The van der Waals surface area contributed by atoms with Crippen LogP contribution in [0.5, 0.6) is 0 Å². The summed E-state index contributed by atoms with van der Waals surface area (Å²) < 4.78 is 4.94. The van der Waals surface area contributed by atoms with Crippen molar-refractivity contribution < 1.29 is 9.53 Å². The molecule has 2 N–H and O–H groups in total. The van der Waals surface area contributed by atoms with Gasteiger partial charge in [-0.25, -0.2) is 9.97 Å². The van der Waals surface area contributed by atoms with E-state index in [9.17, 15) is 4.79 Å². The number of nitrogens with zero attached hydrogens (tertiary/aromatic N) is 4. The fraction of sp³-hybridized carbons (Fsp3) is 0.346. The highest BCUT2D eigenvalue weighted by Gasteiger charge is 2.23. The van der Waals surface area contributed by atoms with E-state index in [1.165, 1.54) is 12.1 Å². The third-order valence-electron chi connectivity index (χ3n) is 6.04. The number of carbonyl (C=O) groups excluding carboxylic acids is 1. The Morgan fingerprint density at radius 1 is 1.09 bits per heavy atom. The third-order valence-corrected chi connectivity index (χ3v) is 6.04.